The van der Waals surface area contributed by atoms with Crippen molar-refractivity contribution in [3.05, 3.63) is 28.8 Å². The van der Waals surface area contributed by atoms with Crippen molar-refractivity contribution in [2.45, 2.75) is 54.5 Å². The summed E-state index contributed by atoms with van der Waals surface area (Å²) in [5.74, 6) is 1.57. The van der Waals surface area contributed by atoms with E-state index in [2.05, 4.69) is 46.0 Å². The van der Waals surface area contributed by atoms with Gasteiger partial charge in [-0.2, -0.15) is 0 Å². The lowest BCUT2D eigenvalue weighted by Gasteiger charge is -2.26. The smallest absolute Gasteiger partial charge is 0.258 e. The van der Waals surface area contributed by atoms with Crippen LogP contribution in [0.15, 0.2) is 12.1 Å². The lowest BCUT2D eigenvalue weighted by Crippen LogP contribution is -2.44. The average Bonchev–Trinajstić information content (AvgIpc) is 2.37. The summed E-state index contributed by atoms with van der Waals surface area (Å²) in [7, 11) is 0. The molecule has 0 unspecified atom stereocenters. The quantitative estimate of drug-likeness (QED) is 0.866. The molecule has 0 spiro atoms. The van der Waals surface area contributed by atoms with E-state index in [1.807, 2.05) is 19.9 Å². The molecule has 1 aromatic rings. The second-order valence-electron chi connectivity index (χ2n) is 6.57. The van der Waals surface area contributed by atoms with Crippen LogP contribution in [0.4, 0.5) is 0 Å². The van der Waals surface area contributed by atoms with Gasteiger partial charge >= 0.3 is 0 Å². The van der Waals surface area contributed by atoms with Crippen LogP contribution in [0, 0.1) is 32.6 Å². The van der Waals surface area contributed by atoms with Gasteiger partial charge in [0.15, 0.2) is 6.61 Å². The summed E-state index contributed by atoms with van der Waals surface area (Å²) in [6, 6.07) is 4.29. The predicted molar refractivity (Wildman–Crippen MR) is 87.8 cm³/mol. The fourth-order valence-corrected chi connectivity index (χ4v) is 2.62. The van der Waals surface area contributed by atoms with Crippen LogP contribution < -0.4 is 10.1 Å². The Hall–Kier alpha value is -1.51. The number of aryl methyl sites for hydroxylation is 2. The Bertz CT molecular complexity index is 484. The topological polar surface area (TPSA) is 38.3 Å². The maximum absolute atomic E-state index is 12.1. The summed E-state index contributed by atoms with van der Waals surface area (Å²) in [6.07, 6.45) is 0. The Kier molecular flexibility index (Phi) is 6.25. The van der Waals surface area contributed by atoms with Gasteiger partial charge in [-0.05, 0) is 55.4 Å². The molecule has 1 amide bonds. The van der Waals surface area contributed by atoms with E-state index in [9.17, 15) is 4.79 Å². The van der Waals surface area contributed by atoms with Gasteiger partial charge in [-0.15, -0.1) is 0 Å². The first-order valence-corrected chi connectivity index (χ1v) is 7.72. The second-order valence-corrected chi connectivity index (χ2v) is 6.57. The van der Waals surface area contributed by atoms with E-state index >= 15 is 0 Å². The van der Waals surface area contributed by atoms with Crippen molar-refractivity contribution in [3.63, 3.8) is 0 Å². The van der Waals surface area contributed by atoms with E-state index in [0.29, 0.717) is 11.8 Å². The van der Waals surface area contributed by atoms with E-state index in [1.54, 1.807) is 0 Å². The van der Waals surface area contributed by atoms with Crippen molar-refractivity contribution >= 4 is 5.91 Å². The number of hydrogen-bond acceptors (Lipinski definition) is 2. The van der Waals surface area contributed by atoms with Crippen molar-refractivity contribution < 1.29 is 9.53 Å². The Morgan fingerprint density at radius 2 is 1.67 bits per heavy atom. The molecule has 3 heteroatoms. The first kappa shape index (κ1) is 17.5. The molecule has 1 rings (SSSR count). The van der Waals surface area contributed by atoms with Gasteiger partial charge in [-0.25, -0.2) is 0 Å². The number of ether oxygens (including phenoxy) is 1. The minimum atomic E-state index is -0.0547. The average molecular weight is 291 g/mol. The number of nitrogens with one attached hydrogen (secondary N) is 1. The molecule has 0 aromatic heterocycles. The normalized spacial score (nSPS) is 11.3. The van der Waals surface area contributed by atoms with Crippen LogP contribution in [0.25, 0.3) is 0 Å². The van der Waals surface area contributed by atoms with E-state index < -0.39 is 0 Å². The molecule has 0 aliphatic carbocycles. The molecule has 118 valence electrons. The SMILES string of the molecule is Cc1cc(C)c(C)c(OCC(=O)NC(C(C)C)C(C)C)c1. The Balaban J connectivity index is 2.65. The highest BCUT2D eigenvalue weighted by Gasteiger charge is 2.19. The van der Waals surface area contributed by atoms with Crippen LogP contribution in [0.5, 0.6) is 5.75 Å². The van der Waals surface area contributed by atoms with Crippen LogP contribution in [0.1, 0.15) is 44.4 Å². The highest BCUT2D eigenvalue weighted by atomic mass is 16.5. The molecular weight excluding hydrogens is 262 g/mol. The van der Waals surface area contributed by atoms with Gasteiger partial charge in [0, 0.05) is 6.04 Å². The predicted octanol–water partition coefficient (Wildman–Crippen LogP) is 3.79. The van der Waals surface area contributed by atoms with Crippen LogP contribution in [0.2, 0.25) is 0 Å². The van der Waals surface area contributed by atoms with Gasteiger partial charge in [0.1, 0.15) is 5.75 Å². The zero-order chi connectivity index (χ0) is 16.2. The van der Waals surface area contributed by atoms with Crippen LogP contribution in [-0.2, 0) is 4.79 Å². The molecule has 0 fully saturated rings. The number of amides is 1. The third-order valence-electron chi connectivity index (χ3n) is 3.89. The fourth-order valence-electron chi connectivity index (χ4n) is 2.62. The summed E-state index contributed by atoms with van der Waals surface area (Å²) in [6.45, 7) is 14.7. The van der Waals surface area contributed by atoms with E-state index in [0.717, 1.165) is 16.9 Å². The molecule has 0 saturated heterocycles. The monoisotopic (exact) mass is 291 g/mol. The molecule has 0 aliphatic rings. The van der Waals surface area contributed by atoms with Crippen molar-refractivity contribution in [1.29, 1.82) is 0 Å². The fraction of sp³-hybridized carbons (Fsp3) is 0.611. The minimum Gasteiger partial charge on any atom is -0.483 e. The molecule has 3 nitrogen and oxygen atoms in total. The number of hydrogen-bond donors (Lipinski definition) is 1. The van der Waals surface area contributed by atoms with Crippen LogP contribution in [-0.4, -0.2) is 18.6 Å². The first-order valence-electron chi connectivity index (χ1n) is 7.72. The molecule has 0 saturated carbocycles. The maximum Gasteiger partial charge on any atom is 0.258 e. The van der Waals surface area contributed by atoms with Crippen molar-refractivity contribution in [1.82, 2.24) is 5.32 Å². The maximum atomic E-state index is 12.1. The minimum absolute atomic E-state index is 0.0547. The molecule has 0 atom stereocenters. The van der Waals surface area contributed by atoms with Gasteiger partial charge in [0.05, 0.1) is 0 Å². The van der Waals surface area contributed by atoms with Crippen LogP contribution >= 0.6 is 0 Å². The van der Waals surface area contributed by atoms with Crippen molar-refractivity contribution in [2.24, 2.45) is 11.8 Å². The van der Waals surface area contributed by atoms with Gasteiger partial charge in [0.25, 0.3) is 5.91 Å². The summed E-state index contributed by atoms with van der Waals surface area (Å²) in [5, 5.41) is 3.07. The first-order chi connectivity index (χ1) is 9.72. The van der Waals surface area contributed by atoms with Gasteiger partial charge in [0.2, 0.25) is 0 Å². The zero-order valence-corrected chi connectivity index (χ0v) is 14.4. The molecular formula is C18H29NO2. The second kappa shape index (κ2) is 7.48. The molecule has 1 N–H and O–H groups in total. The highest BCUT2D eigenvalue weighted by molar-refractivity contribution is 5.78. The zero-order valence-electron chi connectivity index (χ0n) is 14.4. The van der Waals surface area contributed by atoms with Crippen LogP contribution in [0.3, 0.4) is 0 Å². The third kappa shape index (κ3) is 5.07. The number of benzene rings is 1. The van der Waals surface area contributed by atoms with Crippen molar-refractivity contribution in [3.8, 4) is 5.75 Å². The molecule has 0 aliphatic heterocycles. The summed E-state index contributed by atoms with van der Waals surface area (Å²) < 4.78 is 5.71. The largest absolute Gasteiger partial charge is 0.483 e. The lowest BCUT2D eigenvalue weighted by atomic mass is 9.93. The highest BCUT2D eigenvalue weighted by Crippen LogP contribution is 2.23. The summed E-state index contributed by atoms with van der Waals surface area (Å²) >= 11 is 0. The van der Waals surface area contributed by atoms with Gasteiger partial charge in [-0.1, -0.05) is 33.8 Å². The number of carbonyl (C=O) groups excluding carboxylic acids is 1. The van der Waals surface area contributed by atoms with E-state index in [4.69, 9.17) is 4.74 Å². The Labute approximate surface area is 129 Å². The van der Waals surface area contributed by atoms with Gasteiger partial charge < -0.3 is 10.1 Å². The van der Waals surface area contributed by atoms with Gasteiger partial charge in [-0.3, -0.25) is 4.79 Å². The summed E-state index contributed by atoms with van der Waals surface area (Å²) in [4.78, 5) is 12.1. The number of rotatable bonds is 6. The molecule has 0 bridgehead atoms. The Morgan fingerprint density at radius 3 is 2.19 bits per heavy atom. The Morgan fingerprint density at radius 1 is 1.10 bits per heavy atom. The molecule has 21 heavy (non-hydrogen) atoms. The third-order valence-corrected chi connectivity index (χ3v) is 3.89. The molecule has 0 radical (unpaired) electrons. The molecule has 1 aromatic carbocycles. The molecule has 0 heterocycles. The summed E-state index contributed by atoms with van der Waals surface area (Å²) in [5.41, 5.74) is 3.43. The lowest BCUT2D eigenvalue weighted by molar-refractivity contribution is -0.124. The van der Waals surface area contributed by atoms with E-state index in [1.165, 1.54) is 5.56 Å². The standard InChI is InChI=1S/C18H29NO2/c1-11(2)18(12(3)4)19-17(20)10-21-16-9-13(5)8-14(6)15(16)7/h8-9,11-12,18H,10H2,1-7H3,(H,19,20). The number of carbonyl (C=O) groups is 1. The van der Waals surface area contributed by atoms with E-state index in [-0.39, 0.29) is 18.6 Å². The van der Waals surface area contributed by atoms with Crippen molar-refractivity contribution in [2.75, 3.05) is 6.61 Å².